The number of nitrogens with one attached hydrogen (secondary N) is 1. The third kappa shape index (κ3) is 2.23. The number of hydrogen-bond acceptors (Lipinski definition) is 3. The van der Waals surface area contributed by atoms with Crippen molar-refractivity contribution >= 4 is 11.8 Å². The van der Waals surface area contributed by atoms with E-state index in [0.717, 1.165) is 6.42 Å². The van der Waals surface area contributed by atoms with E-state index in [4.69, 9.17) is 4.74 Å². The summed E-state index contributed by atoms with van der Waals surface area (Å²) in [7, 11) is 0. The third-order valence-electron chi connectivity index (χ3n) is 3.75. The average Bonchev–Trinajstić information content (AvgIpc) is 2.75. The molecule has 2 amide bonds. The van der Waals surface area contributed by atoms with Crippen LogP contribution in [-0.4, -0.2) is 48.1 Å². The van der Waals surface area contributed by atoms with E-state index in [1.807, 2.05) is 20.8 Å². The van der Waals surface area contributed by atoms with E-state index >= 15 is 0 Å². The Morgan fingerprint density at radius 3 is 2.50 bits per heavy atom. The highest BCUT2D eigenvalue weighted by atomic mass is 16.5. The van der Waals surface area contributed by atoms with Crippen LogP contribution in [0.4, 0.5) is 0 Å². The SMILES string of the molecule is CC1C(=O)NC(C(C)(C)C)C(=O)N1C1CCOC1. The van der Waals surface area contributed by atoms with Crippen molar-refractivity contribution in [2.24, 2.45) is 5.41 Å². The van der Waals surface area contributed by atoms with Gasteiger partial charge in [0.15, 0.2) is 0 Å². The molecular formula is C13H22N2O3. The molecule has 5 nitrogen and oxygen atoms in total. The van der Waals surface area contributed by atoms with Gasteiger partial charge >= 0.3 is 0 Å². The summed E-state index contributed by atoms with van der Waals surface area (Å²) in [5, 5.41) is 2.84. The Bertz CT molecular complexity index is 356. The van der Waals surface area contributed by atoms with E-state index in [1.165, 1.54) is 0 Å². The highest BCUT2D eigenvalue weighted by molar-refractivity contribution is 5.97. The van der Waals surface area contributed by atoms with Crippen LogP contribution in [-0.2, 0) is 14.3 Å². The van der Waals surface area contributed by atoms with Crippen LogP contribution >= 0.6 is 0 Å². The molecule has 102 valence electrons. The summed E-state index contributed by atoms with van der Waals surface area (Å²) >= 11 is 0. The summed E-state index contributed by atoms with van der Waals surface area (Å²) in [5.74, 6) is -0.0495. The monoisotopic (exact) mass is 254 g/mol. The summed E-state index contributed by atoms with van der Waals surface area (Å²) in [5.41, 5.74) is -0.273. The molecule has 0 spiro atoms. The van der Waals surface area contributed by atoms with Crippen molar-refractivity contribution in [1.82, 2.24) is 10.2 Å². The average molecular weight is 254 g/mol. The van der Waals surface area contributed by atoms with Gasteiger partial charge in [-0.15, -0.1) is 0 Å². The summed E-state index contributed by atoms with van der Waals surface area (Å²) in [6.07, 6.45) is 0.820. The normalized spacial score (nSPS) is 33.8. The number of rotatable bonds is 1. The molecule has 2 rings (SSSR count). The summed E-state index contributed by atoms with van der Waals surface area (Å²) in [6, 6.07) is -0.798. The number of ether oxygens (including phenoxy) is 1. The molecule has 1 N–H and O–H groups in total. The van der Waals surface area contributed by atoms with Gasteiger partial charge in [0, 0.05) is 6.61 Å². The van der Waals surface area contributed by atoms with Crippen molar-refractivity contribution in [1.29, 1.82) is 0 Å². The molecule has 3 unspecified atom stereocenters. The predicted octanol–water partition coefficient (Wildman–Crippen LogP) is 0.537. The molecule has 0 aromatic rings. The lowest BCUT2D eigenvalue weighted by molar-refractivity contribution is -0.154. The Morgan fingerprint density at radius 1 is 1.33 bits per heavy atom. The minimum absolute atomic E-state index is 0.0186. The smallest absolute Gasteiger partial charge is 0.246 e. The number of piperazine rings is 1. The zero-order chi connectivity index (χ0) is 13.5. The maximum absolute atomic E-state index is 12.6. The van der Waals surface area contributed by atoms with Gasteiger partial charge in [0.05, 0.1) is 12.6 Å². The van der Waals surface area contributed by atoms with Gasteiger partial charge in [-0.05, 0) is 18.8 Å². The second kappa shape index (κ2) is 4.53. The van der Waals surface area contributed by atoms with Gasteiger partial charge < -0.3 is 15.0 Å². The lowest BCUT2D eigenvalue weighted by Crippen LogP contribution is -2.67. The number of amides is 2. The summed E-state index contributed by atoms with van der Waals surface area (Å²) in [6.45, 7) is 8.90. The van der Waals surface area contributed by atoms with Gasteiger partial charge in [0.25, 0.3) is 0 Å². The van der Waals surface area contributed by atoms with Crippen LogP contribution in [0.5, 0.6) is 0 Å². The first-order valence-electron chi connectivity index (χ1n) is 6.52. The van der Waals surface area contributed by atoms with Gasteiger partial charge in [-0.2, -0.15) is 0 Å². The summed E-state index contributed by atoms with van der Waals surface area (Å²) in [4.78, 5) is 26.3. The van der Waals surface area contributed by atoms with E-state index in [-0.39, 0.29) is 23.3 Å². The molecule has 2 aliphatic heterocycles. The molecule has 0 radical (unpaired) electrons. The highest BCUT2D eigenvalue weighted by Crippen LogP contribution is 2.28. The van der Waals surface area contributed by atoms with Crippen LogP contribution in [0.3, 0.4) is 0 Å². The molecule has 5 heteroatoms. The molecular weight excluding hydrogens is 232 g/mol. The van der Waals surface area contributed by atoms with Crippen molar-refractivity contribution in [3.63, 3.8) is 0 Å². The van der Waals surface area contributed by atoms with Crippen molar-refractivity contribution in [3.05, 3.63) is 0 Å². The first kappa shape index (κ1) is 13.3. The molecule has 2 heterocycles. The maximum atomic E-state index is 12.6. The Kier molecular flexibility index (Phi) is 3.36. The zero-order valence-corrected chi connectivity index (χ0v) is 11.5. The molecule has 0 bridgehead atoms. The van der Waals surface area contributed by atoms with Crippen LogP contribution < -0.4 is 5.32 Å². The summed E-state index contributed by atoms with van der Waals surface area (Å²) < 4.78 is 5.34. The van der Waals surface area contributed by atoms with Crippen LogP contribution in [0.15, 0.2) is 0 Å². The minimum atomic E-state index is -0.443. The molecule has 0 saturated carbocycles. The first-order chi connectivity index (χ1) is 8.32. The standard InChI is InChI=1S/C13H22N2O3/c1-8-11(16)14-10(13(2,3)4)12(17)15(8)9-5-6-18-7-9/h8-10H,5-7H2,1-4H3,(H,14,16). The van der Waals surface area contributed by atoms with Gasteiger partial charge in [-0.3, -0.25) is 9.59 Å². The molecule has 2 aliphatic rings. The van der Waals surface area contributed by atoms with E-state index in [1.54, 1.807) is 11.8 Å². The predicted molar refractivity (Wildman–Crippen MR) is 66.9 cm³/mol. The fourth-order valence-corrected chi connectivity index (χ4v) is 2.62. The quantitative estimate of drug-likeness (QED) is 0.743. The van der Waals surface area contributed by atoms with Crippen molar-refractivity contribution < 1.29 is 14.3 Å². The number of carbonyl (C=O) groups is 2. The fourth-order valence-electron chi connectivity index (χ4n) is 2.62. The van der Waals surface area contributed by atoms with E-state index in [9.17, 15) is 9.59 Å². The minimum Gasteiger partial charge on any atom is -0.379 e. The van der Waals surface area contributed by atoms with Gasteiger partial charge in [0.2, 0.25) is 11.8 Å². The zero-order valence-electron chi connectivity index (χ0n) is 11.5. The Balaban J connectivity index is 2.25. The highest BCUT2D eigenvalue weighted by Gasteiger charge is 2.46. The number of carbonyl (C=O) groups excluding carboxylic acids is 2. The first-order valence-corrected chi connectivity index (χ1v) is 6.52. The van der Waals surface area contributed by atoms with E-state index in [2.05, 4.69) is 5.32 Å². The third-order valence-corrected chi connectivity index (χ3v) is 3.75. The Morgan fingerprint density at radius 2 is 2.00 bits per heavy atom. The molecule has 2 saturated heterocycles. The Hall–Kier alpha value is -1.10. The largest absolute Gasteiger partial charge is 0.379 e. The molecule has 0 aliphatic carbocycles. The number of nitrogens with zero attached hydrogens (tertiary/aromatic N) is 1. The van der Waals surface area contributed by atoms with E-state index in [0.29, 0.717) is 13.2 Å². The lowest BCUT2D eigenvalue weighted by Gasteiger charge is -2.44. The Labute approximate surface area is 108 Å². The van der Waals surface area contributed by atoms with Gasteiger partial charge in [-0.25, -0.2) is 0 Å². The van der Waals surface area contributed by atoms with Crippen LogP contribution in [0, 0.1) is 5.41 Å². The number of hydrogen-bond donors (Lipinski definition) is 1. The van der Waals surface area contributed by atoms with Crippen LogP contribution in [0.2, 0.25) is 0 Å². The maximum Gasteiger partial charge on any atom is 0.246 e. The van der Waals surface area contributed by atoms with Crippen LogP contribution in [0.25, 0.3) is 0 Å². The fraction of sp³-hybridized carbons (Fsp3) is 0.846. The lowest BCUT2D eigenvalue weighted by atomic mass is 9.83. The molecule has 3 atom stereocenters. The van der Waals surface area contributed by atoms with Crippen molar-refractivity contribution in [3.8, 4) is 0 Å². The molecule has 18 heavy (non-hydrogen) atoms. The molecule has 2 fully saturated rings. The van der Waals surface area contributed by atoms with Crippen molar-refractivity contribution in [2.75, 3.05) is 13.2 Å². The molecule has 0 aromatic carbocycles. The second-order valence-corrected chi connectivity index (χ2v) is 6.25. The van der Waals surface area contributed by atoms with Gasteiger partial charge in [-0.1, -0.05) is 20.8 Å². The van der Waals surface area contributed by atoms with Crippen molar-refractivity contribution in [2.45, 2.75) is 52.2 Å². The topological polar surface area (TPSA) is 58.6 Å². The van der Waals surface area contributed by atoms with Gasteiger partial charge in [0.1, 0.15) is 12.1 Å². The van der Waals surface area contributed by atoms with E-state index < -0.39 is 12.1 Å². The molecule has 0 aromatic heterocycles. The van der Waals surface area contributed by atoms with Crippen LogP contribution in [0.1, 0.15) is 34.1 Å². The second-order valence-electron chi connectivity index (χ2n) is 6.25.